The predicted molar refractivity (Wildman–Crippen MR) is 85.6 cm³/mol. The maximum Gasteiger partial charge on any atom is 0.416 e. The van der Waals surface area contributed by atoms with Gasteiger partial charge in [0, 0.05) is 22.9 Å². The molecule has 0 radical (unpaired) electrons. The number of thioether (sulfide) groups is 1. The summed E-state index contributed by atoms with van der Waals surface area (Å²) in [4.78, 5) is 12.8. The minimum absolute atomic E-state index is 0.105. The number of benzene rings is 2. The van der Waals surface area contributed by atoms with E-state index in [0.717, 1.165) is 17.0 Å². The lowest BCUT2D eigenvalue weighted by Gasteiger charge is -2.10. The van der Waals surface area contributed by atoms with Gasteiger partial charge in [-0.25, -0.2) is 4.79 Å². The Hall–Kier alpha value is -2.15. The Morgan fingerprint density at radius 2 is 1.78 bits per heavy atom. The molecule has 2 aromatic rings. The lowest BCUT2D eigenvalue weighted by atomic mass is 10.2. The molecule has 3 nitrogen and oxygen atoms in total. The molecule has 7 heteroatoms. The van der Waals surface area contributed by atoms with E-state index in [2.05, 4.69) is 10.6 Å². The lowest BCUT2D eigenvalue weighted by Crippen LogP contribution is -2.30. The molecule has 0 aliphatic heterocycles. The number of nitrogens with one attached hydrogen (secondary N) is 2. The Morgan fingerprint density at radius 3 is 2.48 bits per heavy atom. The molecular weight excluding hydrogens is 325 g/mol. The van der Waals surface area contributed by atoms with Gasteiger partial charge in [0.1, 0.15) is 0 Å². The van der Waals surface area contributed by atoms with Gasteiger partial charge in [0.25, 0.3) is 0 Å². The SMILES string of the molecule is O=C(NCCSc1ccccc1)Nc1cccc(C(F)(F)F)c1. The van der Waals surface area contributed by atoms with Crippen molar-refractivity contribution in [3.63, 3.8) is 0 Å². The third-order valence-electron chi connectivity index (χ3n) is 2.85. The largest absolute Gasteiger partial charge is 0.416 e. The zero-order valence-corrected chi connectivity index (χ0v) is 12.9. The van der Waals surface area contributed by atoms with Crippen LogP contribution in [0.25, 0.3) is 0 Å². The fraction of sp³-hybridized carbons (Fsp3) is 0.188. The third-order valence-corrected chi connectivity index (χ3v) is 3.86. The number of anilines is 1. The summed E-state index contributed by atoms with van der Waals surface area (Å²) in [6.07, 6.45) is -4.43. The second-order valence-corrected chi connectivity index (χ2v) is 5.79. The third kappa shape index (κ3) is 5.86. The molecule has 2 amide bonds. The molecule has 0 saturated heterocycles. The number of amides is 2. The van der Waals surface area contributed by atoms with Crippen LogP contribution in [-0.2, 0) is 6.18 Å². The maximum atomic E-state index is 12.6. The summed E-state index contributed by atoms with van der Waals surface area (Å²) in [5, 5.41) is 5.00. The summed E-state index contributed by atoms with van der Waals surface area (Å²) < 4.78 is 37.8. The van der Waals surface area contributed by atoms with E-state index in [9.17, 15) is 18.0 Å². The van der Waals surface area contributed by atoms with E-state index < -0.39 is 17.8 Å². The van der Waals surface area contributed by atoms with Gasteiger partial charge < -0.3 is 10.6 Å². The normalized spacial score (nSPS) is 11.1. The van der Waals surface area contributed by atoms with Crippen molar-refractivity contribution in [3.05, 3.63) is 60.2 Å². The van der Waals surface area contributed by atoms with Crippen molar-refractivity contribution in [3.8, 4) is 0 Å². The van der Waals surface area contributed by atoms with E-state index >= 15 is 0 Å². The van der Waals surface area contributed by atoms with Crippen molar-refractivity contribution in [1.82, 2.24) is 5.32 Å². The Labute approximate surface area is 136 Å². The molecule has 0 fully saturated rings. The number of carbonyl (C=O) groups is 1. The van der Waals surface area contributed by atoms with Crippen LogP contribution in [0.3, 0.4) is 0 Å². The summed E-state index contributed by atoms with van der Waals surface area (Å²) in [5.74, 6) is 0.667. The molecule has 0 aliphatic rings. The van der Waals surface area contributed by atoms with E-state index in [1.54, 1.807) is 11.8 Å². The summed E-state index contributed by atoms with van der Waals surface area (Å²) in [5.41, 5.74) is -0.692. The average molecular weight is 340 g/mol. The van der Waals surface area contributed by atoms with Crippen molar-refractivity contribution < 1.29 is 18.0 Å². The van der Waals surface area contributed by atoms with E-state index in [-0.39, 0.29) is 5.69 Å². The van der Waals surface area contributed by atoms with Gasteiger partial charge in [0.15, 0.2) is 0 Å². The summed E-state index contributed by atoms with van der Waals surface area (Å²) >= 11 is 1.58. The topological polar surface area (TPSA) is 41.1 Å². The smallest absolute Gasteiger partial charge is 0.337 e. The van der Waals surface area contributed by atoms with Crippen molar-refractivity contribution in [1.29, 1.82) is 0 Å². The van der Waals surface area contributed by atoms with Gasteiger partial charge in [0.05, 0.1) is 5.56 Å². The Balaban J connectivity index is 1.77. The fourth-order valence-corrected chi connectivity index (χ4v) is 2.59. The van der Waals surface area contributed by atoms with Crippen LogP contribution in [0, 0.1) is 0 Å². The summed E-state index contributed by atoms with van der Waals surface area (Å²) in [6.45, 7) is 0.407. The molecule has 0 unspecified atom stereocenters. The predicted octanol–water partition coefficient (Wildman–Crippen LogP) is 4.62. The van der Waals surface area contributed by atoms with Crippen LogP contribution in [0.4, 0.5) is 23.7 Å². The summed E-state index contributed by atoms with van der Waals surface area (Å²) in [7, 11) is 0. The first-order chi connectivity index (χ1) is 10.9. The lowest BCUT2D eigenvalue weighted by molar-refractivity contribution is -0.137. The summed E-state index contributed by atoms with van der Waals surface area (Å²) in [6, 6.07) is 13.7. The highest BCUT2D eigenvalue weighted by Crippen LogP contribution is 2.30. The number of rotatable bonds is 5. The van der Waals surface area contributed by atoms with E-state index in [1.807, 2.05) is 30.3 Å². The molecular formula is C16H15F3N2OS. The van der Waals surface area contributed by atoms with Crippen LogP contribution < -0.4 is 10.6 Å². The van der Waals surface area contributed by atoms with Gasteiger partial charge >= 0.3 is 12.2 Å². The highest BCUT2D eigenvalue weighted by atomic mass is 32.2. The molecule has 0 heterocycles. The highest BCUT2D eigenvalue weighted by molar-refractivity contribution is 7.99. The second kappa shape index (κ2) is 7.92. The Bertz CT molecular complexity index is 647. The van der Waals surface area contributed by atoms with Crippen LogP contribution in [0.5, 0.6) is 0 Å². The van der Waals surface area contributed by atoms with Crippen molar-refractivity contribution in [2.75, 3.05) is 17.6 Å². The minimum Gasteiger partial charge on any atom is -0.337 e. The first kappa shape index (κ1) is 17.2. The maximum absolute atomic E-state index is 12.6. The highest BCUT2D eigenvalue weighted by Gasteiger charge is 2.30. The van der Waals surface area contributed by atoms with Gasteiger partial charge in [-0.3, -0.25) is 0 Å². The van der Waals surface area contributed by atoms with Crippen LogP contribution in [-0.4, -0.2) is 18.3 Å². The van der Waals surface area contributed by atoms with Gasteiger partial charge in [-0.1, -0.05) is 24.3 Å². The monoisotopic (exact) mass is 340 g/mol. The fourth-order valence-electron chi connectivity index (χ4n) is 1.80. The van der Waals surface area contributed by atoms with E-state index in [0.29, 0.717) is 12.3 Å². The number of alkyl halides is 3. The number of hydrogen-bond acceptors (Lipinski definition) is 2. The quantitative estimate of drug-likeness (QED) is 0.616. The van der Waals surface area contributed by atoms with Gasteiger partial charge in [-0.15, -0.1) is 11.8 Å². The molecule has 2 aromatic carbocycles. The van der Waals surface area contributed by atoms with Crippen LogP contribution >= 0.6 is 11.8 Å². The number of urea groups is 1. The van der Waals surface area contributed by atoms with E-state index in [1.165, 1.54) is 12.1 Å². The standard InChI is InChI=1S/C16H15F3N2OS/c17-16(18,19)12-5-4-6-13(11-12)21-15(22)20-9-10-23-14-7-2-1-3-8-14/h1-8,11H,9-10H2,(H2,20,21,22). The molecule has 2 N–H and O–H groups in total. The van der Waals surface area contributed by atoms with Crippen LogP contribution in [0.15, 0.2) is 59.5 Å². The molecule has 122 valence electrons. The molecule has 0 spiro atoms. The van der Waals surface area contributed by atoms with Gasteiger partial charge in [0.2, 0.25) is 0 Å². The zero-order chi connectivity index (χ0) is 16.7. The minimum atomic E-state index is -4.43. The van der Waals surface area contributed by atoms with Crippen LogP contribution in [0.1, 0.15) is 5.56 Å². The number of hydrogen-bond donors (Lipinski definition) is 2. The molecule has 0 aliphatic carbocycles. The molecule has 0 bridgehead atoms. The van der Waals surface area contributed by atoms with Gasteiger partial charge in [-0.05, 0) is 30.3 Å². The number of halogens is 3. The Morgan fingerprint density at radius 1 is 1.04 bits per heavy atom. The second-order valence-electron chi connectivity index (χ2n) is 4.62. The first-order valence-corrected chi connectivity index (χ1v) is 7.84. The first-order valence-electron chi connectivity index (χ1n) is 6.85. The average Bonchev–Trinajstić information content (AvgIpc) is 2.52. The van der Waals surface area contributed by atoms with Crippen LogP contribution in [0.2, 0.25) is 0 Å². The Kier molecular flexibility index (Phi) is 5.92. The molecule has 2 rings (SSSR count). The molecule has 0 aromatic heterocycles. The van der Waals surface area contributed by atoms with Crippen molar-refractivity contribution in [2.45, 2.75) is 11.1 Å². The molecule has 0 saturated carbocycles. The molecule has 23 heavy (non-hydrogen) atoms. The number of carbonyl (C=O) groups excluding carboxylic acids is 1. The zero-order valence-electron chi connectivity index (χ0n) is 12.1. The van der Waals surface area contributed by atoms with Gasteiger partial charge in [-0.2, -0.15) is 13.2 Å². The molecule has 0 atom stereocenters. The van der Waals surface area contributed by atoms with Crippen molar-refractivity contribution >= 4 is 23.5 Å². The van der Waals surface area contributed by atoms with E-state index in [4.69, 9.17) is 0 Å². The van der Waals surface area contributed by atoms with Crippen molar-refractivity contribution in [2.24, 2.45) is 0 Å².